The fourth-order valence-electron chi connectivity index (χ4n) is 5.29. The van der Waals surface area contributed by atoms with Crippen molar-refractivity contribution >= 4 is 60.3 Å². The molecule has 0 atom stereocenters. The van der Waals surface area contributed by atoms with Crippen molar-refractivity contribution in [3.8, 4) is 44.7 Å². The molecule has 0 bridgehead atoms. The van der Waals surface area contributed by atoms with Gasteiger partial charge in [-0.2, -0.15) is 0 Å². The van der Waals surface area contributed by atoms with Crippen molar-refractivity contribution < 1.29 is 0 Å². The molecule has 0 amide bonds. The van der Waals surface area contributed by atoms with Crippen LogP contribution in [-0.2, 0) is 18.2 Å². The quantitative estimate of drug-likeness (QED) is 0.0746. The zero-order valence-corrected chi connectivity index (χ0v) is 29.6. The molecular weight excluding hydrogens is 654 g/mol. The monoisotopic (exact) mass is 693 g/mol. The number of thiophene rings is 4. The summed E-state index contributed by atoms with van der Waals surface area (Å²) < 4.78 is 0. The summed E-state index contributed by atoms with van der Waals surface area (Å²) in [7, 11) is 0. The van der Waals surface area contributed by atoms with Crippen molar-refractivity contribution in [2.75, 3.05) is 0 Å². The molecule has 0 spiro atoms. The van der Waals surface area contributed by atoms with Gasteiger partial charge >= 0.3 is 190 Å². The fraction of sp³-hybridized carbons (Fsp3) is 0.361. The Morgan fingerprint density at radius 3 is 1.76 bits per heavy atom. The Balaban J connectivity index is 1.39. The average Bonchev–Trinajstić information content (AvgIpc) is 3.82. The van der Waals surface area contributed by atoms with Crippen molar-refractivity contribution in [3.63, 3.8) is 0 Å². The summed E-state index contributed by atoms with van der Waals surface area (Å²) >= 11 is 7.79. The van der Waals surface area contributed by atoms with Crippen molar-refractivity contribution in [1.29, 1.82) is 5.26 Å². The van der Waals surface area contributed by atoms with Gasteiger partial charge in [0.25, 0.3) is 0 Å². The van der Waals surface area contributed by atoms with E-state index in [-0.39, 0.29) is 15.0 Å². The van der Waals surface area contributed by atoms with E-state index < -0.39 is 0 Å². The molecule has 0 aliphatic heterocycles. The Morgan fingerprint density at radius 1 is 0.595 bits per heavy atom. The van der Waals surface area contributed by atoms with E-state index in [1.165, 1.54) is 107 Å². The van der Waals surface area contributed by atoms with Crippen molar-refractivity contribution in [2.24, 2.45) is 0 Å². The maximum atomic E-state index is 9.16. The second kappa shape index (κ2) is 16.2. The van der Waals surface area contributed by atoms with Crippen LogP contribution in [0.5, 0.6) is 0 Å². The number of rotatable bonds is 16. The second-order valence-corrected chi connectivity index (χ2v) is 16.7. The summed E-state index contributed by atoms with van der Waals surface area (Å²) in [6.07, 6.45) is 12.6. The van der Waals surface area contributed by atoms with Crippen molar-refractivity contribution in [3.05, 3.63) is 82.7 Å². The predicted octanol–water partition coefficient (Wildman–Crippen LogP) is 12.5. The van der Waals surface area contributed by atoms with Crippen molar-refractivity contribution in [2.45, 2.75) is 83.4 Å². The molecule has 0 radical (unpaired) electrons. The first kappa shape index (κ1) is 31.5. The SMILES string of the molecule is CCCCCCc1cc(C[Se]C#N)sc1-c1ccc(-c2ccc(-c3sc(-c4ccccc4)cc3CCCCCC)s2)s1. The van der Waals surface area contributed by atoms with Crippen molar-refractivity contribution in [1.82, 2.24) is 0 Å². The Morgan fingerprint density at radius 2 is 1.17 bits per heavy atom. The van der Waals surface area contributed by atoms with Gasteiger partial charge < -0.3 is 0 Å². The van der Waals surface area contributed by atoms with E-state index >= 15 is 0 Å². The first-order chi connectivity index (χ1) is 20.7. The van der Waals surface area contributed by atoms with E-state index in [2.05, 4.69) is 85.5 Å². The summed E-state index contributed by atoms with van der Waals surface area (Å²) in [6.45, 7) is 4.56. The third-order valence-corrected chi connectivity index (χ3v) is 14.3. The van der Waals surface area contributed by atoms with Gasteiger partial charge in [0.1, 0.15) is 0 Å². The molecule has 0 saturated heterocycles. The van der Waals surface area contributed by atoms with Gasteiger partial charge in [-0.15, -0.1) is 0 Å². The molecule has 0 unspecified atom stereocenters. The molecule has 4 aromatic heterocycles. The van der Waals surface area contributed by atoms with Crippen LogP contribution in [0.4, 0.5) is 0 Å². The van der Waals surface area contributed by atoms with Crippen LogP contribution < -0.4 is 0 Å². The maximum absolute atomic E-state index is 9.16. The number of nitriles is 1. The Bertz CT molecular complexity index is 1580. The molecule has 5 rings (SSSR count). The normalized spacial score (nSPS) is 11.3. The van der Waals surface area contributed by atoms with E-state index in [1.54, 1.807) is 0 Å². The van der Waals surface area contributed by atoms with Crippen LogP contribution in [0, 0.1) is 10.2 Å². The van der Waals surface area contributed by atoms with Gasteiger partial charge in [0.05, 0.1) is 0 Å². The van der Waals surface area contributed by atoms with E-state index in [9.17, 15) is 0 Å². The molecule has 1 nitrogen and oxygen atoms in total. The molecule has 42 heavy (non-hydrogen) atoms. The molecule has 5 aromatic rings. The average molecular weight is 693 g/mol. The molecule has 4 heterocycles. The number of hydrogen-bond acceptors (Lipinski definition) is 5. The number of hydrogen-bond donors (Lipinski definition) is 0. The van der Waals surface area contributed by atoms with Gasteiger partial charge in [0.15, 0.2) is 0 Å². The summed E-state index contributed by atoms with van der Waals surface area (Å²) in [5, 5.41) is 10.1. The fourth-order valence-corrected chi connectivity index (χ4v) is 11.2. The topological polar surface area (TPSA) is 23.8 Å². The molecule has 0 N–H and O–H groups in total. The van der Waals surface area contributed by atoms with Gasteiger partial charge in [-0.25, -0.2) is 0 Å². The molecule has 6 heteroatoms. The molecule has 1 aromatic carbocycles. The number of nitrogens with zero attached hydrogens (tertiary/aromatic N) is 1. The Kier molecular flexibility index (Phi) is 12.1. The zero-order valence-electron chi connectivity index (χ0n) is 24.6. The van der Waals surface area contributed by atoms with Crippen LogP contribution >= 0.6 is 45.3 Å². The minimum absolute atomic E-state index is 0.0343. The van der Waals surface area contributed by atoms with Crippen LogP contribution in [0.15, 0.2) is 66.7 Å². The van der Waals surface area contributed by atoms with Crippen LogP contribution in [0.2, 0.25) is 0 Å². The van der Waals surface area contributed by atoms with Gasteiger partial charge in [-0.1, -0.05) is 56.5 Å². The third-order valence-electron chi connectivity index (χ3n) is 7.51. The van der Waals surface area contributed by atoms with Gasteiger partial charge in [0.2, 0.25) is 0 Å². The van der Waals surface area contributed by atoms with Crippen LogP contribution in [0.25, 0.3) is 39.7 Å². The van der Waals surface area contributed by atoms with E-state index in [4.69, 9.17) is 5.26 Å². The molecule has 0 aliphatic carbocycles. The second-order valence-electron chi connectivity index (χ2n) is 10.7. The van der Waals surface area contributed by atoms with Gasteiger partial charge in [-0.05, 0) is 24.5 Å². The Labute approximate surface area is 274 Å². The van der Waals surface area contributed by atoms with Crippen LogP contribution in [0.1, 0.15) is 81.2 Å². The Hall–Kier alpha value is -1.97. The summed E-state index contributed by atoms with van der Waals surface area (Å²) in [5.41, 5.74) is 4.31. The third kappa shape index (κ3) is 8.14. The molecular formula is C36H39NS4Se. The van der Waals surface area contributed by atoms with E-state index in [0.717, 1.165) is 18.2 Å². The molecule has 0 saturated carbocycles. The minimum atomic E-state index is 0.0343. The van der Waals surface area contributed by atoms with Gasteiger partial charge in [0, 0.05) is 4.88 Å². The first-order valence-corrected chi connectivity index (χ1v) is 20.5. The molecule has 218 valence electrons. The summed E-state index contributed by atoms with van der Waals surface area (Å²) in [5.74, 6) is 0. The number of unbranched alkanes of at least 4 members (excludes halogenated alkanes) is 6. The summed E-state index contributed by atoms with van der Waals surface area (Å²) in [6, 6.07) is 25.0. The molecule has 0 fully saturated rings. The van der Waals surface area contributed by atoms with Crippen LogP contribution in [-0.4, -0.2) is 15.0 Å². The first-order valence-electron chi connectivity index (χ1n) is 15.2. The zero-order chi connectivity index (χ0) is 29.1. The van der Waals surface area contributed by atoms with Gasteiger partial charge in [-0.3, -0.25) is 0 Å². The van der Waals surface area contributed by atoms with Crippen LogP contribution in [0.3, 0.4) is 0 Å². The standard InChI is InChI=1S/C36H39NS4Se/c1-3-5-7-10-16-27-22-29(24-42-25-37)38-35(27)32-20-18-30(39-32)31-19-21-33(40-31)36-28(17-11-8-6-4-2)23-34(41-36)26-14-12-9-13-15-26/h9,12-15,18-23H,3-8,10-11,16-17,24H2,1-2H3. The number of benzene rings is 1. The van der Waals surface area contributed by atoms with E-state index in [0.29, 0.717) is 0 Å². The number of aryl methyl sites for hydroxylation is 2. The predicted molar refractivity (Wildman–Crippen MR) is 190 cm³/mol. The molecule has 0 aliphatic rings. The van der Waals surface area contributed by atoms with E-state index in [1.807, 2.05) is 45.3 Å². The summed E-state index contributed by atoms with van der Waals surface area (Å²) in [4.78, 5) is 13.5.